The first-order valence-electron chi connectivity index (χ1n) is 9.71. The van der Waals surface area contributed by atoms with Crippen LogP contribution in [0.4, 0.5) is 22.0 Å². The lowest BCUT2D eigenvalue weighted by Crippen LogP contribution is -2.21. The van der Waals surface area contributed by atoms with E-state index in [1.54, 1.807) is 13.0 Å². The number of hydrogen-bond donors (Lipinski definition) is 0. The smallest absolute Gasteiger partial charge is 0.416 e. The van der Waals surface area contributed by atoms with Crippen LogP contribution in [-0.4, -0.2) is 22.8 Å². The number of rotatable bonds is 5. The molecular formula is C22H17F5N2O3. The normalized spacial score (nSPS) is 14.9. The van der Waals surface area contributed by atoms with Crippen LogP contribution >= 0.6 is 0 Å². The van der Waals surface area contributed by atoms with Crippen LogP contribution in [0.25, 0.3) is 22.6 Å². The van der Waals surface area contributed by atoms with Crippen molar-refractivity contribution in [2.45, 2.75) is 32.7 Å². The number of nitrogens with zero attached hydrogens (tertiary/aromatic N) is 2. The second-order valence-electron chi connectivity index (χ2n) is 7.06. The molecule has 0 atom stereocenters. The Labute approximate surface area is 178 Å². The Balaban J connectivity index is 1.78. The highest BCUT2D eigenvalue weighted by Crippen LogP contribution is 2.34. The van der Waals surface area contributed by atoms with E-state index in [4.69, 9.17) is 4.74 Å². The zero-order chi connectivity index (χ0) is 23.0. The molecule has 5 nitrogen and oxygen atoms in total. The van der Waals surface area contributed by atoms with Crippen molar-refractivity contribution < 1.29 is 31.4 Å². The Morgan fingerprint density at radius 3 is 2.62 bits per heavy atom. The van der Waals surface area contributed by atoms with Gasteiger partial charge in [0.1, 0.15) is 5.82 Å². The van der Waals surface area contributed by atoms with Gasteiger partial charge in [0.25, 0.3) is 5.56 Å². The van der Waals surface area contributed by atoms with Gasteiger partial charge in [-0.15, -0.1) is 0 Å². The summed E-state index contributed by atoms with van der Waals surface area (Å²) in [5.41, 5.74) is -0.137. The van der Waals surface area contributed by atoms with E-state index >= 15 is 0 Å². The van der Waals surface area contributed by atoms with E-state index in [0.717, 1.165) is 18.2 Å². The van der Waals surface area contributed by atoms with Gasteiger partial charge in [-0.05, 0) is 60.9 Å². The number of allylic oxidation sites excluding steroid dienone is 1. The van der Waals surface area contributed by atoms with Gasteiger partial charge in [-0.1, -0.05) is 6.07 Å². The number of alkyl halides is 5. The van der Waals surface area contributed by atoms with E-state index in [1.807, 2.05) is 0 Å². The van der Waals surface area contributed by atoms with Gasteiger partial charge in [0, 0.05) is 6.54 Å². The molecule has 2 aromatic carbocycles. The number of benzene rings is 2. The summed E-state index contributed by atoms with van der Waals surface area (Å²) in [6.07, 6.45) is -2.43. The second-order valence-corrected chi connectivity index (χ2v) is 7.06. The summed E-state index contributed by atoms with van der Waals surface area (Å²) in [6.45, 7) is -0.755. The number of halogens is 5. The van der Waals surface area contributed by atoms with Crippen molar-refractivity contribution in [3.8, 4) is 11.5 Å². The first-order chi connectivity index (χ1) is 15.2. The standard InChI is InChI=1S/C22H17F5N2O3/c1-2-31-18-10-12(3-6-17(18)32-21(23)24)9-13-7-8-29-19(13)28-16-11-14(22(25,26)27)4-5-15(16)20(29)30/h3-6,9-11,21H,2,7-8H2,1H3/b13-9+. The van der Waals surface area contributed by atoms with Crippen LogP contribution in [0.2, 0.25) is 0 Å². The van der Waals surface area contributed by atoms with Gasteiger partial charge >= 0.3 is 12.8 Å². The van der Waals surface area contributed by atoms with Crippen molar-refractivity contribution in [2.75, 3.05) is 6.61 Å². The molecule has 1 aliphatic heterocycles. The van der Waals surface area contributed by atoms with Crippen molar-refractivity contribution in [3.63, 3.8) is 0 Å². The largest absolute Gasteiger partial charge is 0.490 e. The van der Waals surface area contributed by atoms with Crippen molar-refractivity contribution in [1.82, 2.24) is 9.55 Å². The highest BCUT2D eigenvalue weighted by atomic mass is 19.4. The lowest BCUT2D eigenvalue weighted by atomic mass is 10.1. The Morgan fingerprint density at radius 1 is 1.16 bits per heavy atom. The van der Waals surface area contributed by atoms with Gasteiger partial charge in [-0.2, -0.15) is 22.0 Å². The Morgan fingerprint density at radius 2 is 1.94 bits per heavy atom. The summed E-state index contributed by atoms with van der Waals surface area (Å²) in [4.78, 5) is 17.1. The van der Waals surface area contributed by atoms with Crippen LogP contribution in [-0.2, 0) is 12.7 Å². The molecule has 0 saturated carbocycles. The Hall–Kier alpha value is -3.43. The van der Waals surface area contributed by atoms with Crippen LogP contribution in [0.15, 0.2) is 41.2 Å². The molecule has 0 fully saturated rings. The van der Waals surface area contributed by atoms with Gasteiger partial charge in [0.2, 0.25) is 0 Å². The number of aromatic nitrogens is 2. The molecule has 32 heavy (non-hydrogen) atoms. The molecule has 4 rings (SSSR count). The monoisotopic (exact) mass is 452 g/mol. The maximum atomic E-state index is 13.1. The number of fused-ring (bicyclic) bond motifs is 2. The first-order valence-corrected chi connectivity index (χ1v) is 9.71. The van der Waals surface area contributed by atoms with Crippen molar-refractivity contribution in [1.29, 1.82) is 0 Å². The fraction of sp³-hybridized carbons (Fsp3) is 0.273. The lowest BCUT2D eigenvalue weighted by Gasteiger charge is -2.12. The van der Waals surface area contributed by atoms with Gasteiger partial charge < -0.3 is 9.47 Å². The van der Waals surface area contributed by atoms with Gasteiger partial charge in [-0.25, -0.2) is 4.98 Å². The summed E-state index contributed by atoms with van der Waals surface area (Å²) >= 11 is 0. The molecule has 2 heterocycles. The maximum Gasteiger partial charge on any atom is 0.416 e. The number of hydrogen-bond acceptors (Lipinski definition) is 4. The van der Waals surface area contributed by atoms with Crippen molar-refractivity contribution in [3.05, 3.63) is 63.7 Å². The predicted octanol–water partition coefficient (Wildman–Crippen LogP) is 5.36. The Kier molecular flexibility index (Phi) is 5.62. The lowest BCUT2D eigenvalue weighted by molar-refractivity contribution is -0.137. The van der Waals surface area contributed by atoms with Gasteiger partial charge in [0.05, 0.1) is 23.1 Å². The molecule has 0 unspecified atom stereocenters. The minimum absolute atomic E-state index is 0.0421. The van der Waals surface area contributed by atoms with E-state index in [0.29, 0.717) is 24.1 Å². The summed E-state index contributed by atoms with van der Waals surface area (Å²) < 4.78 is 75.7. The van der Waals surface area contributed by atoms with E-state index in [9.17, 15) is 26.7 Å². The summed E-state index contributed by atoms with van der Waals surface area (Å²) in [5.74, 6) is 0.280. The molecule has 0 aliphatic carbocycles. The topological polar surface area (TPSA) is 53.4 Å². The van der Waals surface area contributed by atoms with Crippen LogP contribution in [0.5, 0.6) is 11.5 Å². The molecule has 10 heteroatoms. The third-order valence-corrected chi connectivity index (χ3v) is 5.00. The summed E-state index contributed by atoms with van der Waals surface area (Å²) in [6, 6.07) is 7.25. The molecule has 1 aromatic heterocycles. The van der Waals surface area contributed by atoms with E-state index in [1.165, 1.54) is 22.8 Å². The quantitative estimate of drug-likeness (QED) is 0.489. The molecule has 0 radical (unpaired) electrons. The SMILES string of the molecule is CCOc1cc(/C=C2\CCn3c2nc2cc(C(F)(F)F)ccc2c3=O)ccc1OC(F)F. The summed E-state index contributed by atoms with van der Waals surface area (Å²) in [7, 11) is 0. The number of ether oxygens (including phenoxy) is 2. The molecule has 0 saturated heterocycles. The van der Waals surface area contributed by atoms with E-state index < -0.39 is 23.9 Å². The minimum Gasteiger partial charge on any atom is -0.490 e. The van der Waals surface area contributed by atoms with Crippen molar-refractivity contribution >= 4 is 22.6 Å². The van der Waals surface area contributed by atoms with Crippen molar-refractivity contribution in [2.24, 2.45) is 0 Å². The van der Waals surface area contributed by atoms with Crippen LogP contribution < -0.4 is 15.0 Å². The van der Waals surface area contributed by atoms with Crippen LogP contribution in [0, 0.1) is 0 Å². The average Bonchev–Trinajstić information content (AvgIpc) is 3.12. The average molecular weight is 452 g/mol. The molecule has 0 N–H and O–H groups in total. The Bertz CT molecular complexity index is 1260. The third-order valence-electron chi connectivity index (χ3n) is 5.00. The van der Waals surface area contributed by atoms with E-state index in [2.05, 4.69) is 9.72 Å². The predicted molar refractivity (Wildman–Crippen MR) is 108 cm³/mol. The van der Waals surface area contributed by atoms with Gasteiger partial charge in [0.15, 0.2) is 11.5 Å². The first kappa shape index (κ1) is 21.8. The highest BCUT2D eigenvalue weighted by molar-refractivity contribution is 5.85. The molecular weight excluding hydrogens is 435 g/mol. The third kappa shape index (κ3) is 4.17. The molecule has 3 aromatic rings. The molecule has 1 aliphatic rings. The second kappa shape index (κ2) is 8.25. The zero-order valence-corrected chi connectivity index (χ0v) is 16.7. The van der Waals surface area contributed by atoms with Crippen LogP contribution in [0.1, 0.15) is 30.3 Å². The fourth-order valence-corrected chi connectivity index (χ4v) is 3.61. The molecule has 0 amide bonds. The highest BCUT2D eigenvalue weighted by Gasteiger charge is 2.31. The molecule has 0 spiro atoms. The van der Waals surface area contributed by atoms with Gasteiger partial charge in [-0.3, -0.25) is 9.36 Å². The summed E-state index contributed by atoms with van der Waals surface area (Å²) in [5, 5.41) is 0.107. The van der Waals surface area contributed by atoms with E-state index in [-0.39, 0.29) is 34.8 Å². The molecule has 0 bridgehead atoms. The molecule has 168 valence electrons. The van der Waals surface area contributed by atoms with Crippen LogP contribution in [0.3, 0.4) is 0 Å². The minimum atomic E-state index is -4.55. The maximum absolute atomic E-state index is 13.1. The fourth-order valence-electron chi connectivity index (χ4n) is 3.61. The zero-order valence-electron chi connectivity index (χ0n) is 16.7.